The highest BCUT2D eigenvalue weighted by Crippen LogP contribution is 2.40. The molecular weight excluding hydrogens is 536 g/mol. The van der Waals surface area contributed by atoms with Gasteiger partial charge in [0.05, 0.1) is 21.9 Å². The Labute approximate surface area is 220 Å². The molecule has 1 N–H and O–H groups in total. The minimum atomic E-state index is -4.04. The Kier molecular flexibility index (Phi) is 5.83. The first-order valence-corrected chi connectivity index (χ1v) is 14.2. The molecule has 2 fully saturated rings. The predicted molar refractivity (Wildman–Crippen MR) is 137 cm³/mol. The van der Waals surface area contributed by atoms with Crippen molar-refractivity contribution in [2.75, 3.05) is 31.6 Å². The fraction of sp³-hybridized carbons (Fsp3) is 0.435. The van der Waals surface area contributed by atoms with Crippen molar-refractivity contribution in [3.05, 3.63) is 29.5 Å². The lowest BCUT2D eigenvalue weighted by atomic mass is 10.1. The lowest BCUT2D eigenvalue weighted by Crippen LogP contribution is -2.50. The molecule has 1 aliphatic heterocycles. The minimum absolute atomic E-state index is 0.0584. The summed E-state index contributed by atoms with van der Waals surface area (Å²) < 4.78 is 57.2. The van der Waals surface area contributed by atoms with Crippen molar-refractivity contribution in [1.29, 1.82) is 5.26 Å². The average Bonchev–Trinajstić information content (AvgIpc) is 3.33. The zero-order valence-electron chi connectivity index (χ0n) is 20.5. The Balaban J connectivity index is 1.57. The number of sulfonamides is 1. The smallest absolute Gasteiger partial charge is 0.291 e. The van der Waals surface area contributed by atoms with Gasteiger partial charge in [-0.1, -0.05) is 17.4 Å². The molecule has 1 aromatic carbocycles. The van der Waals surface area contributed by atoms with E-state index in [4.69, 9.17) is 0 Å². The predicted octanol–water partition coefficient (Wildman–Crippen LogP) is 2.84. The molecule has 4 aromatic rings. The van der Waals surface area contributed by atoms with Crippen LogP contribution in [-0.4, -0.2) is 76.3 Å². The average molecular weight is 560 g/mol. The number of nitriles is 1. The Morgan fingerprint density at radius 2 is 2.03 bits per heavy atom. The van der Waals surface area contributed by atoms with Crippen LogP contribution in [0.5, 0.6) is 0 Å². The van der Waals surface area contributed by atoms with Crippen molar-refractivity contribution in [3.8, 4) is 11.2 Å². The van der Waals surface area contributed by atoms with E-state index < -0.39 is 27.0 Å². The molecule has 1 aliphatic carbocycles. The summed E-state index contributed by atoms with van der Waals surface area (Å²) in [7, 11) is -1.98. The Hall–Kier alpha value is -3.32. The molecule has 0 radical (unpaired) electrons. The number of anilines is 1. The van der Waals surface area contributed by atoms with Crippen molar-refractivity contribution in [3.63, 3.8) is 0 Å². The number of benzene rings is 1. The molecule has 1 saturated heterocycles. The third kappa shape index (κ3) is 4.08. The highest BCUT2D eigenvalue weighted by atomic mass is 32.2. The minimum Gasteiger partial charge on any atom is -0.353 e. The van der Waals surface area contributed by atoms with Gasteiger partial charge in [0.2, 0.25) is 15.2 Å². The van der Waals surface area contributed by atoms with Gasteiger partial charge < -0.3 is 9.80 Å². The lowest BCUT2D eigenvalue weighted by Gasteiger charge is -2.38. The lowest BCUT2D eigenvalue weighted by molar-refractivity contribution is 0.150. The molecule has 15 heteroatoms. The second-order valence-corrected chi connectivity index (χ2v) is 12.4. The zero-order chi connectivity index (χ0) is 26.8. The van der Waals surface area contributed by atoms with E-state index in [9.17, 15) is 22.5 Å². The van der Waals surface area contributed by atoms with Crippen LogP contribution in [0.15, 0.2) is 29.4 Å². The summed E-state index contributed by atoms with van der Waals surface area (Å²) in [6, 6.07) is 6.88. The van der Waals surface area contributed by atoms with Gasteiger partial charge in [0.25, 0.3) is 6.43 Å². The fourth-order valence-corrected chi connectivity index (χ4v) is 6.84. The first-order valence-electron chi connectivity index (χ1n) is 11.9. The molecule has 198 valence electrons. The summed E-state index contributed by atoms with van der Waals surface area (Å²) in [5.41, 5.74) is -0.278. The van der Waals surface area contributed by atoms with Crippen molar-refractivity contribution in [2.24, 2.45) is 0 Å². The number of fused-ring (bicyclic) bond motifs is 3. The van der Waals surface area contributed by atoms with E-state index >= 15 is 0 Å². The summed E-state index contributed by atoms with van der Waals surface area (Å²) in [5.74, 6) is 0.674. The first-order chi connectivity index (χ1) is 18.1. The number of aromatic nitrogens is 5. The molecule has 0 bridgehead atoms. The molecule has 38 heavy (non-hydrogen) atoms. The molecule has 1 atom stereocenters. The molecule has 6 rings (SSSR count). The van der Waals surface area contributed by atoms with Crippen molar-refractivity contribution >= 4 is 49.1 Å². The van der Waals surface area contributed by atoms with E-state index in [0.717, 1.165) is 19.6 Å². The van der Waals surface area contributed by atoms with Gasteiger partial charge in [0.1, 0.15) is 17.7 Å². The second-order valence-electron chi connectivity index (χ2n) is 9.71. The molecule has 4 heterocycles. The van der Waals surface area contributed by atoms with Crippen LogP contribution in [0.2, 0.25) is 0 Å². The monoisotopic (exact) mass is 559 g/mol. The molecule has 3 aromatic heterocycles. The molecule has 2 aliphatic rings. The number of piperazine rings is 1. The number of hydrogen-bond donors (Lipinski definition) is 1. The summed E-state index contributed by atoms with van der Waals surface area (Å²) in [6.45, 7) is 4.39. The Morgan fingerprint density at radius 1 is 1.24 bits per heavy atom. The van der Waals surface area contributed by atoms with Crippen LogP contribution >= 0.6 is 11.3 Å². The Bertz CT molecular complexity index is 1710. The molecule has 1 unspecified atom stereocenters. The molecular formula is C23H23F2N9O2S2. The van der Waals surface area contributed by atoms with E-state index in [0.29, 0.717) is 51.9 Å². The van der Waals surface area contributed by atoms with E-state index in [1.807, 2.05) is 6.07 Å². The zero-order valence-corrected chi connectivity index (χ0v) is 22.1. The SMILES string of the molecule is CC1CN(c2ncnc3c2c2ccc(S(=O)(=O)NC4(C#N)CC4)cc2n3-c2nnc(C(F)F)s2)CCN1C. The van der Waals surface area contributed by atoms with Crippen LogP contribution in [0.4, 0.5) is 14.6 Å². The highest BCUT2D eigenvalue weighted by Gasteiger charge is 2.47. The maximum Gasteiger partial charge on any atom is 0.291 e. The molecule has 0 amide bonds. The molecule has 0 spiro atoms. The van der Waals surface area contributed by atoms with Gasteiger partial charge >= 0.3 is 0 Å². The third-order valence-corrected chi connectivity index (χ3v) is 9.62. The van der Waals surface area contributed by atoms with Crippen molar-refractivity contribution in [2.45, 2.75) is 42.7 Å². The van der Waals surface area contributed by atoms with Gasteiger partial charge in [-0.2, -0.15) is 9.98 Å². The van der Waals surface area contributed by atoms with Crippen LogP contribution < -0.4 is 9.62 Å². The van der Waals surface area contributed by atoms with Crippen LogP contribution in [0.1, 0.15) is 31.2 Å². The topological polar surface area (TPSA) is 133 Å². The largest absolute Gasteiger partial charge is 0.353 e. The fourth-order valence-electron chi connectivity index (χ4n) is 4.72. The number of likely N-dealkylation sites (N-methyl/N-ethyl adjacent to an activating group) is 1. The quantitative estimate of drug-likeness (QED) is 0.379. The summed E-state index contributed by atoms with van der Waals surface area (Å²) in [4.78, 5) is 13.4. The van der Waals surface area contributed by atoms with E-state index in [-0.39, 0.29) is 16.1 Å². The first kappa shape index (κ1) is 25.0. The number of nitrogens with zero attached hydrogens (tertiary/aromatic N) is 8. The van der Waals surface area contributed by atoms with Crippen LogP contribution in [-0.2, 0) is 10.0 Å². The number of rotatable bonds is 6. The third-order valence-electron chi connectivity index (χ3n) is 7.17. The Morgan fingerprint density at radius 3 is 2.68 bits per heavy atom. The van der Waals surface area contributed by atoms with Crippen LogP contribution in [0.25, 0.3) is 27.1 Å². The number of alkyl halides is 2. The van der Waals surface area contributed by atoms with Gasteiger partial charge in [-0.05, 0) is 38.9 Å². The van der Waals surface area contributed by atoms with Crippen molar-refractivity contribution in [1.82, 2.24) is 34.4 Å². The van der Waals surface area contributed by atoms with E-state index in [2.05, 4.69) is 48.7 Å². The second kappa shape index (κ2) is 8.87. The van der Waals surface area contributed by atoms with Gasteiger partial charge in [-0.25, -0.2) is 27.2 Å². The highest BCUT2D eigenvalue weighted by molar-refractivity contribution is 7.89. The number of nitrogens with one attached hydrogen (secondary N) is 1. The van der Waals surface area contributed by atoms with Gasteiger partial charge in [-0.3, -0.25) is 4.57 Å². The maximum atomic E-state index is 13.4. The number of halogens is 2. The normalized spacial score (nSPS) is 19.9. The van der Waals surface area contributed by atoms with Gasteiger partial charge in [0, 0.05) is 31.1 Å². The molecule has 11 nitrogen and oxygen atoms in total. The van der Waals surface area contributed by atoms with Crippen LogP contribution in [0.3, 0.4) is 0 Å². The van der Waals surface area contributed by atoms with Gasteiger partial charge in [-0.15, -0.1) is 10.2 Å². The van der Waals surface area contributed by atoms with Crippen molar-refractivity contribution < 1.29 is 17.2 Å². The van der Waals surface area contributed by atoms with Gasteiger partial charge in [0.15, 0.2) is 10.7 Å². The maximum absolute atomic E-state index is 13.4. The van der Waals surface area contributed by atoms with Crippen LogP contribution in [0, 0.1) is 11.3 Å². The summed E-state index contributed by atoms with van der Waals surface area (Å²) in [6.07, 6.45) is -0.509. The van der Waals surface area contributed by atoms with E-state index in [1.165, 1.54) is 18.5 Å². The molecule has 1 saturated carbocycles. The number of hydrogen-bond acceptors (Lipinski definition) is 10. The summed E-state index contributed by atoms with van der Waals surface area (Å²) in [5, 5.41) is 18.0. The standard InChI is InChI=1S/C23H23F2N9O2S2/c1-13-10-33(8-7-32(13)2)19-17-15-4-3-14(38(35,36)31-23(11-26)5-6-23)9-16(15)34(20(17)28-12-27-19)22-30-29-21(37-22)18(24)25/h3-4,9,12-13,18,31H,5-8,10H2,1-2H3. The summed E-state index contributed by atoms with van der Waals surface area (Å²) >= 11 is 0.709. The van der Waals surface area contributed by atoms with E-state index in [1.54, 1.807) is 10.6 Å².